The molecule has 3 nitrogen and oxygen atoms in total. The van der Waals surface area contributed by atoms with Crippen LogP contribution < -0.4 is 10.6 Å². The third-order valence-electron chi connectivity index (χ3n) is 3.15. The molecule has 1 amide bonds. The Morgan fingerprint density at radius 1 is 1.47 bits per heavy atom. The number of hydrogen-bond acceptors (Lipinski definition) is 2. The highest BCUT2D eigenvalue weighted by atomic mass is 16.2. The molecule has 2 rings (SSSR count). The number of carbonyl (C=O) groups is 1. The highest BCUT2D eigenvalue weighted by Gasteiger charge is 2.22. The lowest BCUT2D eigenvalue weighted by atomic mass is 10.1. The molecular weight excluding hydrogens is 212 g/mol. The van der Waals surface area contributed by atoms with Crippen LogP contribution in [0.5, 0.6) is 0 Å². The maximum Gasteiger partial charge on any atom is 0.237 e. The monoisotopic (exact) mass is 232 g/mol. The summed E-state index contributed by atoms with van der Waals surface area (Å²) in [6.45, 7) is 3.02. The van der Waals surface area contributed by atoms with Crippen molar-refractivity contribution in [3.8, 4) is 0 Å². The van der Waals surface area contributed by atoms with Crippen LogP contribution >= 0.6 is 0 Å². The van der Waals surface area contributed by atoms with Gasteiger partial charge in [-0.05, 0) is 38.3 Å². The van der Waals surface area contributed by atoms with Crippen molar-refractivity contribution in [3.63, 3.8) is 0 Å². The molecule has 2 N–H and O–H groups in total. The van der Waals surface area contributed by atoms with Gasteiger partial charge in [0, 0.05) is 6.04 Å². The smallest absolute Gasteiger partial charge is 0.237 e. The van der Waals surface area contributed by atoms with Crippen molar-refractivity contribution in [2.45, 2.75) is 38.3 Å². The molecule has 0 aliphatic carbocycles. The van der Waals surface area contributed by atoms with E-state index in [1.807, 2.05) is 18.2 Å². The van der Waals surface area contributed by atoms with Crippen molar-refractivity contribution in [1.29, 1.82) is 0 Å². The van der Waals surface area contributed by atoms with Gasteiger partial charge in [0.05, 0.1) is 6.04 Å². The Labute approximate surface area is 103 Å². The van der Waals surface area contributed by atoms with Crippen LogP contribution in [0.1, 0.15) is 25.3 Å². The Morgan fingerprint density at radius 3 is 2.88 bits per heavy atom. The maximum absolute atomic E-state index is 11.9. The molecule has 0 bridgehead atoms. The first-order valence-electron chi connectivity index (χ1n) is 6.33. The SMILES string of the molecule is C[C@H](Cc1ccccc1)NC(=O)[C@H]1CCCN1. The Bertz CT molecular complexity index is 358. The minimum absolute atomic E-state index is 0.0215. The van der Waals surface area contributed by atoms with E-state index in [-0.39, 0.29) is 18.0 Å². The molecule has 2 atom stereocenters. The van der Waals surface area contributed by atoms with Crippen LogP contribution in [0.4, 0.5) is 0 Å². The van der Waals surface area contributed by atoms with Crippen LogP contribution in [0.3, 0.4) is 0 Å². The number of rotatable bonds is 4. The molecule has 1 aliphatic rings. The lowest BCUT2D eigenvalue weighted by molar-refractivity contribution is -0.123. The van der Waals surface area contributed by atoms with Gasteiger partial charge in [-0.2, -0.15) is 0 Å². The van der Waals surface area contributed by atoms with Gasteiger partial charge in [-0.15, -0.1) is 0 Å². The Morgan fingerprint density at radius 2 is 2.24 bits per heavy atom. The third kappa shape index (κ3) is 3.56. The highest BCUT2D eigenvalue weighted by Crippen LogP contribution is 2.07. The van der Waals surface area contributed by atoms with E-state index in [4.69, 9.17) is 0 Å². The first-order valence-corrected chi connectivity index (χ1v) is 6.33. The lowest BCUT2D eigenvalue weighted by Crippen LogP contribution is -2.44. The van der Waals surface area contributed by atoms with Crippen molar-refractivity contribution in [3.05, 3.63) is 35.9 Å². The number of benzene rings is 1. The zero-order chi connectivity index (χ0) is 12.1. The fourth-order valence-electron chi connectivity index (χ4n) is 2.27. The molecule has 1 heterocycles. The van der Waals surface area contributed by atoms with E-state index in [1.165, 1.54) is 5.56 Å². The fraction of sp³-hybridized carbons (Fsp3) is 0.500. The molecule has 92 valence electrons. The predicted molar refractivity (Wildman–Crippen MR) is 68.8 cm³/mol. The Balaban J connectivity index is 1.80. The van der Waals surface area contributed by atoms with Gasteiger partial charge in [0.1, 0.15) is 0 Å². The van der Waals surface area contributed by atoms with Gasteiger partial charge in [0.15, 0.2) is 0 Å². The second-order valence-electron chi connectivity index (χ2n) is 4.75. The highest BCUT2D eigenvalue weighted by molar-refractivity contribution is 5.82. The van der Waals surface area contributed by atoms with E-state index in [0.29, 0.717) is 0 Å². The molecule has 0 spiro atoms. The van der Waals surface area contributed by atoms with Gasteiger partial charge in [0.25, 0.3) is 0 Å². The van der Waals surface area contributed by atoms with E-state index in [1.54, 1.807) is 0 Å². The second kappa shape index (κ2) is 5.82. The molecule has 0 radical (unpaired) electrons. The van der Waals surface area contributed by atoms with E-state index < -0.39 is 0 Å². The van der Waals surface area contributed by atoms with E-state index >= 15 is 0 Å². The largest absolute Gasteiger partial charge is 0.352 e. The molecule has 0 unspecified atom stereocenters. The average Bonchev–Trinajstić information content (AvgIpc) is 2.83. The quantitative estimate of drug-likeness (QED) is 0.825. The van der Waals surface area contributed by atoms with Crippen LogP contribution in [0.25, 0.3) is 0 Å². The summed E-state index contributed by atoms with van der Waals surface area (Å²) in [6, 6.07) is 10.5. The summed E-state index contributed by atoms with van der Waals surface area (Å²) in [6.07, 6.45) is 2.95. The molecule has 1 aliphatic heterocycles. The molecule has 0 aromatic heterocycles. The topological polar surface area (TPSA) is 41.1 Å². The van der Waals surface area contributed by atoms with Gasteiger partial charge < -0.3 is 10.6 Å². The summed E-state index contributed by atoms with van der Waals surface area (Å²) in [5.74, 6) is 0.144. The van der Waals surface area contributed by atoms with Crippen molar-refractivity contribution in [2.75, 3.05) is 6.54 Å². The molecule has 17 heavy (non-hydrogen) atoms. The Hall–Kier alpha value is -1.35. The van der Waals surface area contributed by atoms with E-state index in [2.05, 4.69) is 29.7 Å². The summed E-state index contributed by atoms with van der Waals surface area (Å²) in [7, 11) is 0. The maximum atomic E-state index is 11.9. The summed E-state index contributed by atoms with van der Waals surface area (Å²) in [4.78, 5) is 11.9. The number of carbonyl (C=O) groups excluding carboxylic acids is 1. The third-order valence-corrected chi connectivity index (χ3v) is 3.15. The van der Waals surface area contributed by atoms with Gasteiger partial charge in [-0.3, -0.25) is 4.79 Å². The van der Waals surface area contributed by atoms with E-state index in [9.17, 15) is 4.79 Å². The van der Waals surface area contributed by atoms with Crippen LogP contribution in [-0.2, 0) is 11.2 Å². The molecule has 1 aromatic rings. The average molecular weight is 232 g/mol. The van der Waals surface area contributed by atoms with Crippen molar-refractivity contribution in [2.24, 2.45) is 0 Å². The molecule has 1 fully saturated rings. The van der Waals surface area contributed by atoms with Crippen molar-refractivity contribution >= 4 is 5.91 Å². The number of amides is 1. The Kier molecular flexibility index (Phi) is 4.15. The second-order valence-corrected chi connectivity index (χ2v) is 4.75. The predicted octanol–water partition coefficient (Wildman–Crippen LogP) is 1.49. The standard InChI is InChI=1S/C14H20N2O/c1-11(10-12-6-3-2-4-7-12)16-14(17)13-8-5-9-15-13/h2-4,6-7,11,13,15H,5,8-10H2,1H3,(H,16,17)/t11-,13-/m1/s1. The first kappa shape index (κ1) is 12.1. The normalized spacial score (nSPS) is 21.1. The van der Waals surface area contributed by atoms with Gasteiger partial charge in [-0.25, -0.2) is 0 Å². The van der Waals surface area contributed by atoms with Crippen molar-refractivity contribution in [1.82, 2.24) is 10.6 Å². The van der Waals surface area contributed by atoms with Crippen LogP contribution in [0.15, 0.2) is 30.3 Å². The van der Waals surface area contributed by atoms with Crippen LogP contribution in [0.2, 0.25) is 0 Å². The van der Waals surface area contributed by atoms with Crippen LogP contribution in [-0.4, -0.2) is 24.5 Å². The summed E-state index contributed by atoms with van der Waals surface area (Å²) >= 11 is 0. The molecular formula is C14H20N2O. The lowest BCUT2D eigenvalue weighted by Gasteiger charge is -2.17. The van der Waals surface area contributed by atoms with Crippen LogP contribution in [0, 0.1) is 0 Å². The molecule has 1 aromatic carbocycles. The number of nitrogens with one attached hydrogen (secondary N) is 2. The molecule has 0 saturated carbocycles. The fourth-order valence-corrected chi connectivity index (χ4v) is 2.27. The minimum Gasteiger partial charge on any atom is -0.352 e. The summed E-state index contributed by atoms with van der Waals surface area (Å²) < 4.78 is 0. The van der Waals surface area contributed by atoms with Crippen molar-refractivity contribution < 1.29 is 4.79 Å². The molecule has 1 saturated heterocycles. The minimum atomic E-state index is 0.0215. The van der Waals surface area contributed by atoms with Gasteiger partial charge >= 0.3 is 0 Å². The zero-order valence-corrected chi connectivity index (χ0v) is 10.3. The molecule has 3 heteroatoms. The van der Waals surface area contributed by atoms with Gasteiger partial charge in [-0.1, -0.05) is 30.3 Å². The van der Waals surface area contributed by atoms with E-state index in [0.717, 1.165) is 25.8 Å². The summed E-state index contributed by atoms with van der Waals surface area (Å²) in [5, 5.41) is 6.28. The van der Waals surface area contributed by atoms with Gasteiger partial charge in [0.2, 0.25) is 5.91 Å². The first-order chi connectivity index (χ1) is 8.25. The summed E-state index contributed by atoms with van der Waals surface area (Å²) in [5.41, 5.74) is 1.26. The zero-order valence-electron chi connectivity index (χ0n) is 10.3. The number of hydrogen-bond donors (Lipinski definition) is 2.